The average Bonchev–Trinajstić information content (AvgIpc) is 2.94. The van der Waals surface area contributed by atoms with Gasteiger partial charge in [0, 0.05) is 20.1 Å². The van der Waals surface area contributed by atoms with Crippen LogP contribution >= 0.6 is 11.3 Å². The highest BCUT2D eigenvalue weighted by atomic mass is 32.2. The second kappa shape index (κ2) is 6.27. The second-order valence-corrected chi connectivity index (χ2v) is 7.93. The second-order valence-electron chi connectivity index (χ2n) is 5.13. The zero-order valence-corrected chi connectivity index (χ0v) is 14.1. The van der Waals surface area contributed by atoms with E-state index in [2.05, 4.69) is 0 Å². The van der Waals surface area contributed by atoms with E-state index in [1.54, 1.807) is 24.5 Å². The maximum Gasteiger partial charge on any atom is 0.243 e. The van der Waals surface area contributed by atoms with Crippen LogP contribution in [-0.4, -0.2) is 19.8 Å². The van der Waals surface area contributed by atoms with Gasteiger partial charge in [0.05, 0.1) is 4.90 Å². The standard InChI is InChI=1S/C15H20N2O2S2/c1-11-6-14(8-16)7-15(12(11)2)21(18,19)17(3)9-13-4-5-20-10-13/h4-7,10H,8-9,16H2,1-3H3. The van der Waals surface area contributed by atoms with Crippen molar-refractivity contribution in [3.05, 3.63) is 51.2 Å². The van der Waals surface area contributed by atoms with Crippen LogP contribution in [0.15, 0.2) is 33.9 Å². The highest BCUT2D eigenvalue weighted by molar-refractivity contribution is 7.89. The van der Waals surface area contributed by atoms with E-state index in [1.807, 2.05) is 36.7 Å². The van der Waals surface area contributed by atoms with Crippen LogP contribution in [0.3, 0.4) is 0 Å². The minimum atomic E-state index is -3.52. The topological polar surface area (TPSA) is 63.4 Å². The molecule has 0 saturated carbocycles. The number of sulfonamides is 1. The molecule has 6 heteroatoms. The van der Waals surface area contributed by atoms with E-state index < -0.39 is 10.0 Å². The normalized spacial score (nSPS) is 12.0. The lowest BCUT2D eigenvalue weighted by molar-refractivity contribution is 0.466. The van der Waals surface area contributed by atoms with E-state index >= 15 is 0 Å². The maximum atomic E-state index is 12.8. The van der Waals surface area contributed by atoms with Crippen molar-refractivity contribution in [3.8, 4) is 0 Å². The largest absolute Gasteiger partial charge is 0.326 e. The van der Waals surface area contributed by atoms with E-state index in [1.165, 1.54) is 4.31 Å². The molecular formula is C15H20N2O2S2. The van der Waals surface area contributed by atoms with Crippen LogP contribution in [0.5, 0.6) is 0 Å². The molecule has 0 saturated heterocycles. The summed E-state index contributed by atoms with van der Waals surface area (Å²) in [6.07, 6.45) is 0. The fourth-order valence-corrected chi connectivity index (χ4v) is 4.34. The van der Waals surface area contributed by atoms with Crippen molar-refractivity contribution in [1.82, 2.24) is 4.31 Å². The number of thiophene rings is 1. The minimum Gasteiger partial charge on any atom is -0.326 e. The number of hydrogen-bond donors (Lipinski definition) is 1. The summed E-state index contributed by atoms with van der Waals surface area (Å²) in [4.78, 5) is 0.348. The molecule has 0 aliphatic heterocycles. The molecule has 0 amide bonds. The number of aryl methyl sites for hydroxylation is 1. The van der Waals surface area contributed by atoms with Crippen LogP contribution in [0.4, 0.5) is 0 Å². The molecule has 1 aromatic heterocycles. The summed E-state index contributed by atoms with van der Waals surface area (Å²) in [6, 6.07) is 5.56. The van der Waals surface area contributed by atoms with E-state index in [-0.39, 0.29) is 0 Å². The highest BCUT2D eigenvalue weighted by Crippen LogP contribution is 2.25. The van der Waals surface area contributed by atoms with Gasteiger partial charge in [0.15, 0.2) is 0 Å². The van der Waals surface area contributed by atoms with Gasteiger partial charge < -0.3 is 5.73 Å². The van der Waals surface area contributed by atoms with Gasteiger partial charge >= 0.3 is 0 Å². The number of benzene rings is 1. The monoisotopic (exact) mass is 324 g/mol. The molecule has 2 aromatic rings. The zero-order valence-electron chi connectivity index (χ0n) is 12.5. The van der Waals surface area contributed by atoms with Crippen LogP contribution in [0.1, 0.15) is 22.3 Å². The SMILES string of the molecule is Cc1cc(CN)cc(S(=O)(=O)N(C)Cc2ccsc2)c1C. The fraction of sp³-hybridized carbons (Fsp3) is 0.333. The Kier molecular flexibility index (Phi) is 4.83. The van der Waals surface area contributed by atoms with Crippen molar-refractivity contribution < 1.29 is 8.42 Å². The molecule has 0 spiro atoms. The molecule has 114 valence electrons. The molecule has 2 rings (SSSR count). The van der Waals surface area contributed by atoms with Crippen LogP contribution in [0.25, 0.3) is 0 Å². The summed E-state index contributed by atoms with van der Waals surface area (Å²) in [5, 5.41) is 3.90. The molecule has 1 aromatic carbocycles. The van der Waals surface area contributed by atoms with Crippen molar-refractivity contribution in [1.29, 1.82) is 0 Å². The smallest absolute Gasteiger partial charge is 0.243 e. The number of nitrogens with two attached hydrogens (primary N) is 1. The lowest BCUT2D eigenvalue weighted by atomic mass is 10.1. The van der Waals surface area contributed by atoms with Gasteiger partial charge in [-0.15, -0.1) is 0 Å². The van der Waals surface area contributed by atoms with Crippen LogP contribution in [0.2, 0.25) is 0 Å². The Bertz CT molecular complexity index is 722. The summed E-state index contributed by atoms with van der Waals surface area (Å²) in [5.74, 6) is 0. The molecule has 0 aliphatic rings. The Labute approximate surface area is 130 Å². The first-order chi connectivity index (χ1) is 9.86. The third kappa shape index (κ3) is 3.35. The first-order valence-electron chi connectivity index (χ1n) is 6.64. The maximum absolute atomic E-state index is 12.8. The molecule has 2 N–H and O–H groups in total. The fourth-order valence-electron chi connectivity index (χ4n) is 2.18. The van der Waals surface area contributed by atoms with Gasteiger partial charge in [-0.1, -0.05) is 6.07 Å². The molecule has 21 heavy (non-hydrogen) atoms. The van der Waals surface area contributed by atoms with Crippen molar-refractivity contribution in [3.63, 3.8) is 0 Å². The van der Waals surface area contributed by atoms with Crippen LogP contribution < -0.4 is 5.73 Å². The Balaban J connectivity index is 2.41. The van der Waals surface area contributed by atoms with Gasteiger partial charge in [-0.05, 0) is 59.0 Å². The molecule has 0 aliphatic carbocycles. The predicted octanol–water partition coefficient (Wildman–Crippen LogP) is 2.64. The molecule has 0 fully saturated rings. The van der Waals surface area contributed by atoms with Crippen LogP contribution in [0, 0.1) is 13.8 Å². The molecule has 0 atom stereocenters. The van der Waals surface area contributed by atoms with Gasteiger partial charge in [-0.3, -0.25) is 0 Å². The Morgan fingerprint density at radius 1 is 1.24 bits per heavy atom. The molecule has 0 unspecified atom stereocenters. The van der Waals surface area contributed by atoms with Crippen molar-refractivity contribution in [2.75, 3.05) is 7.05 Å². The van der Waals surface area contributed by atoms with Gasteiger partial charge in [0.25, 0.3) is 0 Å². The molecule has 4 nitrogen and oxygen atoms in total. The van der Waals surface area contributed by atoms with E-state index in [9.17, 15) is 8.42 Å². The molecule has 1 heterocycles. The van der Waals surface area contributed by atoms with Gasteiger partial charge in [-0.25, -0.2) is 8.42 Å². The van der Waals surface area contributed by atoms with Crippen LogP contribution in [-0.2, 0) is 23.1 Å². The summed E-state index contributed by atoms with van der Waals surface area (Å²) >= 11 is 1.56. The highest BCUT2D eigenvalue weighted by Gasteiger charge is 2.24. The number of hydrogen-bond acceptors (Lipinski definition) is 4. The van der Waals surface area contributed by atoms with Gasteiger partial charge in [-0.2, -0.15) is 15.6 Å². The lowest BCUT2D eigenvalue weighted by Gasteiger charge is -2.19. The first kappa shape index (κ1) is 16.2. The zero-order chi connectivity index (χ0) is 15.6. The summed E-state index contributed by atoms with van der Waals surface area (Å²) in [6.45, 7) is 4.45. The Hall–Kier alpha value is -1.21. The predicted molar refractivity (Wildman–Crippen MR) is 86.8 cm³/mol. The van der Waals surface area contributed by atoms with Gasteiger partial charge in [0.2, 0.25) is 10.0 Å². The quantitative estimate of drug-likeness (QED) is 0.919. The summed E-state index contributed by atoms with van der Waals surface area (Å²) < 4.78 is 27.0. The Morgan fingerprint density at radius 3 is 2.52 bits per heavy atom. The lowest BCUT2D eigenvalue weighted by Crippen LogP contribution is -2.27. The first-order valence-corrected chi connectivity index (χ1v) is 9.02. The van der Waals surface area contributed by atoms with Crippen molar-refractivity contribution in [2.24, 2.45) is 5.73 Å². The molecule has 0 radical (unpaired) electrons. The van der Waals surface area contributed by atoms with E-state index in [0.29, 0.717) is 18.0 Å². The van der Waals surface area contributed by atoms with Gasteiger partial charge in [0.1, 0.15) is 0 Å². The average molecular weight is 324 g/mol. The van der Waals surface area contributed by atoms with Crippen molar-refractivity contribution in [2.45, 2.75) is 31.8 Å². The van der Waals surface area contributed by atoms with Crippen molar-refractivity contribution >= 4 is 21.4 Å². The summed E-state index contributed by atoms with van der Waals surface area (Å²) in [5.41, 5.74) is 9.22. The number of rotatable bonds is 5. The third-order valence-corrected chi connectivity index (χ3v) is 6.25. The molecular weight excluding hydrogens is 304 g/mol. The Morgan fingerprint density at radius 2 is 1.95 bits per heavy atom. The van der Waals surface area contributed by atoms with E-state index in [4.69, 9.17) is 5.73 Å². The number of nitrogens with zero attached hydrogens (tertiary/aromatic N) is 1. The summed E-state index contributed by atoms with van der Waals surface area (Å²) in [7, 11) is -1.91. The molecule has 0 bridgehead atoms. The minimum absolute atomic E-state index is 0.331. The van der Waals surface area contributed by atoms with E-state index in [0.717, 1.165) is 22.3 Å². The third-order valence-electron chi connectivity index (χ3n) is 3.59.